The Balaban J connectivity index is 0.000000303. The van der Waals surface area contributed by atoms with Gasteiger partial charge in [-0.2, -0.15) is 17.8 Å². The number of nitrogens with zero attached hydrogens (tertiary/aromatic N) is 3. The first-order chi connectivity index (χ1) is 14.3. The van der Waals surface area contributed by atoms with Crippen LogP contribution in [0.5, 0.6) is 0 Å². The first-order valence-electron chi connectivity index (χ1n) is 9.71. The average Bonchev–Trinajstić information content (AvgIpc) is 3.14. The molecule has 0 radical (unpaired) electrons. The molecule has 1 heterocycles. The minimum Gasteiger partial charge on any atom is -0.286 e. The molecule has 30 heavy (non-hydrogen) atoms. The summed E-state index contributed by atoms with van der Waals surface area (Å²) in [5.41, 5.74) is 3.60. The maximum Gasteiger partial charge on any atom is 0.276 e. The van der Waals surface area contributed by atoms with Crippen molar-refractivity contribution < 1.29 is 8.42 Å². The Labute approximate surface area is 189 Å². The molecule has 0 aromatic heterocycles. The number of hydrogen-bond donors (Lipinski definition) is 1. The zero-order valence-electron chi connectivity index (χ0n) is 17.5. The lowest BCUT2D eigenvalue weighted by Crippen LogP contribution is -2.36. The fourth-order valence-corrected chi connectivity index (χ4v) is 4.51. The van der Waals surface area contributed by atoms with Crippen LogP contribution < -0.4 is 5.14 Å². The van der Waals surface area contributed by atoms with E-state index >= 15 is 0 Å². The highest BCUT2D eigenvalue weighted by Gasteiger charge is 2.28. The molecule has 1 aliphatic heterocycles. The van der Waals surface area contributed by atoms with Crippen molar-refractivity contribution in [3.63, 3.8) is 0 Å². The van der Waals surface area contributed by atoms with E-state index in [2.05, 4.69) is 53.7 Å². The number of halogens is 1. The van der Waals surface area contributed by atoms with E-state index in [1.807, 2.05) is 12.1 Å². The van der Waals surface area contributed by atoms with Crippen LogP contribution in [0.2, 0.25) is 5.02 Å². The highest BCUT2D eigenvalue weighted by molar-refractivity contribution is 7.98. The third-order valence-corrected chi connectivity index (χ3v) is 6.70. The standard InChI is InChI=1S/C17H17ClN2S.C4H12N2O2S/c1-21-12-20-11-16(13-5-3-2-4-6-13)17(19-20)14-7-9-15(18)10-8-14;1-3-6(4-2)9(5,7)8/h2-10,16H,11-12H2,1H3;3-4H2,1-2H3,(H2,5,7,8). The SMILES string of the molecule is CCN(CC)S(N)(=O)=O.CSCN1CC(c2ccccc2)C(c2ccc(Cl)cc2)=N1. The Morgan fingerprint density at radius 1 is 1.13 bits per heavy atom. The zero-order valence-corrected chi connectivity index (χ0v) is 19.9. The second-order valence-corrected chi connectivity index (χ2v) is 9.51. The van der Waals surface area contributed by atoms with Crippen LogP contribution in [0.3, 0.4) is 0 Å². The Morgan fingerprint density at radius 3 is 2.20 bits per heavy atom. The first-order valence-corrected chi connectivity index (χ1v) is 13.0. The van der Waals surface area contributed by atoms with E-state index in [1.54, 1.807) is 25.6 Å². The molecule has 0 bridgehead atoms. The van der Waals surface area contributed by atoms with Gasteiger partial charge in [-0.05, 0) is 29.5 Å². The van der Waals surface area contributed by atoms with Crippen molar-refractivity contribution in [3.05, 3.63) is 70.7 Å². The molecule has 0 amide bonds. The van der Waals surface area contributed by atoms with Crippen molar-refractivity contribution in [3.8, 4) is 0 Å². The van der Waals surface area contributed by atoms with Crippen LogP contribution in [-0.2, 0) is 10.2 Å². The van der Waals surface area contributed by atoms with Crippen molar-refractivity contribution >= 4 is 39.3 Å². The smallest absolute Gasteiger partial charge is 0.276 e. The molecule has 1 aliphatic rings. The molecular formula is C21H29ClN4O2S2. The van der Waals surface area contributed by atoms with Gasteiger partial charge >= 0.3 is 0 Å². The normalized spacial score (nSPS) is 16.3. The number of nitrogens with two attached hydrogens (primary N) is 1. The summed E-state index contributed by atoms with van der Waals surface area (Å²) < 4.78 is 22.2. The van der Waals surface area contributed by atoms with E-state index in [0.717, 1.165) is 28.7 Å². The van der Waals surface area contributed by atoms with Crippen molar-refractivity contribution in [2.75, 3.05) is 31.8 Å². The first kappa shape index (κ1) is 24.7. The fraction of sp³-hybridized carbons (Fsp3) is 0.381. The predicted molar refractivity (Wildman–Crippen MR) is 128 cm³/mol. The van der Waals surface area contributed by atoms with Crippen LogP contribution in [0.25, 0.3) is 0 Å². The third-order valence-electron chi connectivity index (χ3n) is 4.66. The summed E-state index contributed by atoms with van der Waals surface area (Å²) in [5.74, 6) is 1.24. The zero-order chi connectivity index (χ0) is 22.1. The van der Waals surface area contributed by atoms with Gasteiger partial charge in [0.25, 0.3) is 10.2 Å². The van der Waals surface area contributed by atoms with Crippen molar-refractivity contribution in [2.24, 2.45) is 10.2 Å². The lowest BCUT2D eigenvalue weighted by molar-refractivity contribution is 0.366. The molecule has 9 heteroatoms. The van der Waals surface area contributed by atoms with Crippen LogP contribution in [0, 0.1) is 0 Å². The van der Waals surface area contributed by atoms with Gasteiger partial charge in [0, 0.05) is 30.6 Å². The van der Waals surface area contributed by atoms with Gasteiger partial charge in [0.1, 0.15) is 0 Å². The summed E-state index contributed by atoms with van der Waals surface area (Å²) >= 11 is 7.79. The summed E-state index contributed by atoms with van der Waals surface area (Å²) in [7, 11) is -3.43. The molecule has 0 saturated carbocycles. The summed E-state index contributed by atoms with van der Waals surface area (Å²) in [6, 6.07) is 18.6. The van der Waals surface area contributed by atoms with Gasteiger partial charge in [-0.1, -0.05) is 67.9 Å². The molecule has 2 aromatic rings. The molecular weight excluding hydrogens is 440 g/mol. The molecule has 1 unspecified atom stereocenters. The average molecular weight is 469 g/mol. The number of hydrogen-bond acceptors (Lipinski definition) is 5. The maximum atomic E-state index is 10.5. The second-order valence-electron chi connectivity index (χ2n) is 6.69. The van der Waals surface area contributed by atoms with Crippen molar-refractivity contribution in [2.45, 2.75) is 19.8 Å². The number of hydrazone groups is 1. The van der Waals surface area contributed by atoms with Gasteiger partial charge in [0.15, 0.2) is 0 Å². The van der Waals surface area contributed by atoms with Gasteiger partial charge in [-0.15, -0.1) is 11.8 Å². The van der Waals surface area contributed by atoms with Crippen LogP contribution in [0.4, 0.5) is 0 Å². The summed E-state index contributed by atoms with van der Waals surface area (Å²) in [4.78, 5) is 0. The van der Waals surface area contributed by atoms with E-state index < -0.39 is 10.2 Å². The third kappa shape index (κ3) is 6.99. The quantitative estimate of drug-likeness (QED) is 0.666. The van der Waals surface area contributed by atoms with E-state index in [1.165, 1.54) is 9.87 Å². The van der Waals surface area contributed by atoms with E-state index in [-0.39, 0.29) is 0 Å². The fourth-order valence-electron chi connectivity index (χ4n) is 3.20. The predicted octanol–water partition coefficient (Wildman–Crippen LogP) is 4.00. The van der Waals surface area contributed by atoms with E-state index in [4.69, 9.17) is 21.8 Å². The highest BCUT2D eigenvalue weighted by Crippen LogP contribution is 2.29. The molecule has 0 saturated heterocycles. The van der Waals surface area contributed by atoms with Crippen LogP contribution >= 0.6 is 23.4 Å². The molecule has 2 N–H and O–H groups in total. The topological polar surface area (TPSA) is 79.0 Å². The number of thioether (sulfide) groups is 1. The Bertz CT molecular complexity index is 918. The van der Waals surface area contributed by atoms with E-state index in [9.17, 15) is 8.42 Å². The van der Waals surface area contributed by atoms with Gasteiger partial charge in [-0.25, -0.2) is 5.14 Å². The van der Waals surface area contributed by atoms with Gasteiger partial charge < -0.3 is 0 Å². The summed E-state index contributed by atoms with van der Waals surface area (Å²) in [6.45, 7) is 5.30. The van der Waals surface area contributed by atoms with Crippen LogP contribution in [0.1, 0.15) is 30.9 Å². The van der Waals surface area contributed by atoms with Gasteiger partial charge in [0.05, 0.1) is 11.6 Å². The minimum atomic E-state index is -3.43. The Kier molecular flexibility index (Phi) is 9.64. The lowest BCUT2D eigenvalue weighted by atomic mass is 9.91. The summed E-state index contributed by atoms with van der Waals surface area (Å²) in [6.07, 6.45) is 2.10. The molecule has 0 aliphatic carbocycles. The van der Waals surface area contributed by atoms with E-state index in [0.29, 0.717) is 19.0 Å². The van der Waals surface area contributed by atoms with Crippen molar-refractivity contribution in [1.82, 2.24) is 9.31 Å². The Morgan fingerprint density at radius 2 is 1.73 bits per heavy atom. The Hall–Kier alpha value is -1.58. The monoisotopic (exact) mass is 468 g/mol. The van der Waals surface area contributed by atoms with Crippen molar-refractivity contribution in [1.29, 1.82) is 0 Å². The van der Waals surface area contributed by atoms with Crippen LogP contribution in [0.15, 0.2) is 59.7 Å². The summed E-state index contributed by atoms with van der Waals surface area (Å²) in [5, 5.41) is 12.5. The van der Waals surface area contributed by atoms with Gasteiger partial charge in [0.2, 0.25) is 0 Å². The molecule has 3 rings (SSSR count). The molecule has 1 atom stereocenters. The second kappa shape index (κ2) is 11.7. The van der Waals surface area contributed by atoms with Gasteiger partial charge in [-0.3, -0.25) is 5.01 Å². The molecule has 2 aromatic carbocycles. The molecule has 6 nitrogen and oxygen atoms in total. The lowest BCUT2D eigenvalue weighted by Gasteiger charge is -2.15. The van der Waals surface area contributed by atoms with Crippen LogP contribution in [-0.4, -0.2) is 55.2 Å². The number of benzene rings is 2. The number of rotatable bonds is 7. The highest BCUT2D eigenvalue weighted by atomic mass is 35.5. The maximum absolute atomic E-state index is 10.5. The molecule has 0 fully saturated rings. The molecule has 0 spiro atoms. The molecule has 164 valence electrons. The largest absolute Gasteiger partial charge is 0.286 e. The minimum absolute atomic E-state index is 0.319.